The number of benzene rings is 1. The Kier molecular flexibility index (Phi) is 3.13. The molecule has 1 heterocycles. The van der Waals surface area contributed by atoms with Gasteiger partial charge >= 0.3 is 0 Å². The predicted molar refractivity (Wildman–Crippen MR) is 62.4 cm³/mol. The van der Waals surface area contributed by atoms with Crippen molar-refractivity contribution >= 4 is 31.9 Å². The first-order valence-electron chi connectivity index (χ1n) is 4.15. The Bertz CT molecular complexity index is 461. The fourth-order valence-electron chi connectivity index (χ4n) is 1.20. The molecule has 1 aromatic carbocycles. The Morgan fingerprint density at radius 3 is 2.53 bits per heavy atom. The summed E-state index contributed by atoms with van der Waals surface area (Å²) in [4.78, 5) is 0. The third-order valence-corrected chi connectivity index (χ3v) is 3.15. The maximum atomic E-state index is 5.54. The quantitative estimate of drug-likeness (QED) is 0.907. The molecule has 78 valence electrons. The van der Waals surface area contributed by atoms with E-state index in [-0.39, 0.29) is 0 Å². The van der Waals surface area contributed by atoms with Gasteiger partial charge in [-0.1, -0.05) is 6.07 Å². The van der Waals surface area contributed by atoms with Gasteiger partial charge < -0.3 is 5.73 Å². The second-order valence-corrected chi connectivity index (χ2v) is 4.49. The summed E-state index contributed by atoms with van der Waals surface area (Å²) in [5.41, 5.74) is 6.39. The second-order valence-electron chi connectivity index (χ2n) is 2.78. The Balaban J connectivity index is 2.63. The van der Waals surface area contributed by atoms with Crippen LogP contribution in [0.2, 0.25) is 0 Å². The van der Waals surface area contributed by atoms with Gasteiger partial charge in [-0.25, -0.2) is 0 Å². The summed E-state index contributed by atoms with van der Waals surface area (Å²) in [6, 6.07) is 5.76. The van der Waals surface area contributed by atoms with Crippen LogP contribution in [0, 0.1) is 0 Å². The first kappa shape index (κ1) is 10.7. The maximum absolute atomic E-state index is 5.54. The van der Waals surface area contributed by atoms with Crippen LogP contribution in [0.5, 0.6) is 0 Å². The first-order valence-corrected chi connectivity index (χ1v) is 5.74. The third kappa shape index (κ3) is 1.95. The number of hydrogen-bond acceptors (Lipinski definition) is 4. The average molecular weight is 333 g/mol. The van der Waals surface area contributed by atoms with Crippen molar-refractivity contribution in [3.05, 3.63) is 33.0 Å². The van der Waals surface area contributed by atoms with Gasteiger partial charge in [0.05, 0.1) is 12.2 Å². The van der Waals surface area contributed by atoms with Crippen LogP contribution in [0.1, 0.15) is 5.82 Å². The van der Waals surface area contributed by atoms with Crippen LogP contribution in [0.25, 0.3) is 5.69 Å². The number of hydrogen-bond donors (Lipinski definition) is 1. The lowest BCUT2D eigenvalue weighted by Gasteiger charge is -2.07. The number of halogens is 2. The number of para-hydroxylation sites is 1. The summed E-state index contributed by atoms with van der Waals surface area (Å²) in [6.45, 7) is 0.292. The molecule has 0 radical (unpaired) electrons. The molecule has 0 fully saturated rings. The van der Waals surface area contributed by atoms with Crippen LogP contribution in [-0.4, -0.2) is 20.2 Å². The standard InChI is InChI=1S/C8H7Br2N5/c9-5-2-1-3-6(10)8(5)15-7(4-11)12-13-14-15/h1-3H,4,11H2. The molecule has 0 saturated heterocycles. The minimum atomic E-state index is 0.292. The number of aromatic nitrogens is 4. The van der Waals surface area contributed by atoms with Gasteiger partial charge in [-0.3, -0.25) is 0 Å². The Morgan fingerprint density at radius 1 is 1.27 bits per heavy atom. The van der Waals surface area contributed by atoms with Gasteiger partial charge in [-0.05, 0) is 54.4 Å². The van der Waals surface area contributed by atoms with Crippen molar-refractivity contribution in [2.24, 2.45) is 5.73 Å². The molecule has 2 rings (SSSR count). The summed E-state index contributed by atoms with van der Waals surface area (Å²) in [6.07, 6.45) is 0. The first-order chi connectivity index (χ1) is 7.24. The zero-order chi connectivity index (χ0) is 10.8. The molecule has 2 N–H and O–H groups in total. The molecule has 7 heteroatoms. The Morgan fingerprint density at radius 2 is 1.93 bits per heavy atom. The van der Waals surface area contributed by atoms with Crippen molar-refractivity contribution < 1.29 is 0 Å². The zero-order valence-corrected chi connectivity index (χ0v) is 10.7. The Hall–Kier alpha value is -0.790. The van der Waals surface area contributed by atoms with Gasteiger partial charge in [0, 0.05) is 8.95 Å². The van der Waals surface area contributed by atoms with Crippen molar-refractivity contribution in [1.29, 1.82) is 0 Å². The van der Waals surface area contributed by atoms with E-state index in [9.17, 15) is 0 Å². The van der Waals surface area contributed by atoms with Gasteiger partial charge in [0.1, 0.15) is 0 Å². The van der Waals surface area contributed by atoms with Crippen molar-refractivity contribution in [2.75, 3.05) is 0 Å². The molecule has 0 amide bonds. The van der Waals surface area contributed by atoms with Crippen molar-refractivity contribution in [2.45, 2.75) is 6.54 Å². The highest BCUT2D eigenvalue weighted by Gasteiger charge is 2.12. The zero-order valence-electron chi connectivity index (χ0n) is 7.56. The van der Waals surface area contributed by atoms with Gasteiger partial charge in [-0.15, -0.1) is 5.10 Å². The van der Waals surface area contributed by atoms with E-state index in [0.29, 0.717) is 12.4 Å². The number of nitrogens with zero attached hydrogens (tertiary/aromatic N) is 4. The van der Waals surface area contributed by atoms with E-state index in [1.165, 1.54) is 0 Å². The maximum Gasteiger partial charge on any atom is 0.170 e. The van der Waals surface area contributed by atoms with Crippen molar-refractivity contribution in [3.63, 3.8) is 0 Å². The summed E-state index contributed by atoms with van der Waals surface area (Å²) in [7, 11) is 0. The second kappa shape index (κ2) is 4.38. The smallest absolute Gasteiger partial charge is 0.170 e. The van der Waals surface area contributed by atoms with Crippen molar-refractivity contribution in [3.8, 4) is 5.69 Å². The highest BCUT2D eigenvalue weighted by atomic mass is 79.9. The number of rotatable bonds is 2. The molecule has 15 heavy (non-hydrogen) atoms. The summed E-state index contributed by atoms with van der Waals surface area (Å²) in [5, 5.41) is 11.3. The Labute approximate surface area is 103 Å². The van der Waals surface area contributed by atoms with Crippen LogP contribution in [0.3, 0.4) is 0 Å². The van der Waals surface area contributed by atoms with Crippen LogP contribution in [-0.2, 0) is 6.54 Å². The molecule has 5 nitrogen and oxygen atoms in total. The molecule has 2 aromatic rings. The summed E-state index contributed by atoms with van der Waals surface area (Å²) < 4.78 is 3.41. The predicted octanol–water partition coefficient (Wildman–Crippen LogP) is 1.65. The van der Waals surface area contributed by atoms with Crippen molar-refractivity contribution in [1.82, 2.24) is 20.2 Å². The normalized spacial score (nSPS) is 10.6. The molecule has 0 saturated carbocycles. The van der Waals surface area contributed by atoms with Crippen LogP contribution >= 0.6 is 31.9 Å². The molecule has 0 aliphatic carbocycles. The van der Waals surface area contributed by atoms with Gasteiger partial charge in [0.15, 0.2) is 5.82 Å². The lowest BCUT2D eigenvalue weighted by molar-refractivity contribution is 0.756. The van der Waals surface area contributed by atoms with Gasteiger partial charge in [0.25, 0.3) is 0 Å². The lowest BCUT2D eigenvalue weighted by atomic mass is 10.3. The van der Waals surface area contributed by atoms with E-state index in [1.807, 2.05) is 18.2 Å². The molecular formula is C8H7Br2N5. The van der Waals surface area contributed by atoms with E-state index in [0.717, 1.165) is 14.6 Å². The van der Waals surface area contributed by atoms with E-state index in [2.05, 4.69) is 47.4 Å². The average Bonchev–Trinajstić information content (AvgIpc) is 2.65. The third-order valence-electron chi connectivity index (χ3n) is 1.87. The molecule has 0 atom stereocenters. The molecular weight excluding hydrogens is 326 g/mol. The molecule has 0 aliphatic heterocycles. The monoisotopic (exact) mass is 331 g/mol. The fourth-order valence-corrected chi connectivity index (χ4v) is 2.53. The highest BCUT2D eigenvalue weighted by Crippen LogP contribution is 2.28. The van der Waals surface area contributed by atoms with E-state index >= 15 is 0 Å². The molecule has 1 aromatic heterocycles. The molecule has 0 aliphatic rings. The topological polar surface area (TPSA) is 69.6 Å². The van der Waals surface area contributed by atoms with E-state index < -0.39 is 0 Å². The number of tetrazole rings is 1. The van der Waals surface area contributed by atoms with E-state index in [1.54, 1.807) is 4.68 Å². The SMILES string of the molecule is NCc1nnnn1-c1c(Br)cccc1Br. The van der Waals surface area contributed by atoms with Crippen LogP contribution in [0.15, 0.2) is 27.1 Å². The lowest BCUT2D eigenvalue weighted by Crippen LogP contribution is -2.09. The minimum Gasteiger partial charge on any atom is -0.324 e. The van der Waals surface area contributed by atoms with E-state index in [4.69, 9.17) is 5.73 Å². The number of nitrogens with two attached hydrogens (primary N) is 1. The minimum absolute atomic E-state index is 0.292. The fraction of sp³-hybridized carbons (Fsp3) is 0.125. The highest BCUT2D eigenvalue weighted by molar-refractivity contribution is 9.11. The van der Waals surface area contributed by atoms with Crippen LogP contribution < -0.4 is 5.73 Å². The van der Waals surface area contributed by atoms with Gasteiger partial charge in [-0.2, -0.15) is 4.68 Å². The largest absolute Gasteiger partial charge is 0.324 e. The molecule has 0 spiro atoms. The summed E-state index contributed by atoms with van der Waals surface area (Å²) in [5.74, 6) is 0.614. The summed E-state index contributed by atoms with van der Waals surface area (Å²) >= 11 is 6.89. The molecule has 0 unspecified atom stereocenters. The molecule has 0 bridgehead atoms. The van der Waals surface area contributed by atoms with Gasteiger partial charge in [0.2, 0.25) is 0 Å². The van der Waals surface area contributed by atoms with Crippen LogP contribution in [0.4, 0.5) is 0 Å².